The first-order chi connectivity index (χ1) is 8.07. The molecule has 0 radical (unpaired) electrons. The van der Waals surface area contributed by atoms with E-state index in [9.17, 15) is 5.11 Å². The van der Waals surface area contributed by atoms with E-state index in [-0.39, 0.29) is 6.10 Å². The molecule has 1 saturated carbocycles. The topological polar surface area (TPSA) is 55.5 Å². The van der Waals surface area contributed by atoms with E-state index in [0.717, 1.165) is 50.9 Å². The SMILES string of the molecule is CCC1CCC(O)(C2(N)CC3CCC2O3)CC1. The molecular weight excluding hydrogens is 214 g/mol. The van der Waals surface area contributed by atoms with E-state index in [1.807, 2.05) is 0 Å². The lowest BCUT2D eigenvalue weighted by atomic mass is 9.63. The highest BCUT2D eigenvalue weighted by atomic mass is 16.5. The first kappa shape index (κ1) is 11.9. The average Bonchev–Trinajstić information content (AvgIpc) is 2.90. The maximum atomic E-state index is 11.0. The van der Waals surface area contributed by atoms with Gasteiger partial charge in [-0.1, -0.05) is 13.3 Å². The summed E-state index contributed by atoms with van der Waals surface area (Å²) in [6.07, 6.45) is 8.70. The summed E-state index contributed by atoms with van der Waals surface area (Å²) < 4.78 is 5.87. The number of nitrogens with two attached hydrogens (primary N) is 1. The molecule has 0 aromatic carbocycles. The minimum Gasteiger partial charge on any atom is -0.388 e. The minimum absolute atomic E-state index is 0.107. The van der Waals surface area contributed by atoms with Crippen LogP contribution in [0.1, 0.15) is 58.3 Å². The Balaban J connectivity index is 1.75. The standard InChI is InChI=1S/C14H25NO2/c1-2-10-5-7-13(16,8-6-10)14(15)9-11-3-4-12(14)17-11/h10-12,16H,2-9,15H2,1H3. The van der Waals surface area contributed by atoms with Crippen LogP contribution in [0.15, 0.2) is 0 Å². The molecule has 1 aliphatic carbocycles. The minimum atomic E-state index is -0.668. The van der Waals surface area contributed by atoms with Crippen molar-refractivity contribution in [3.05, 3.63) is 0 Å². The lowest BCUT2D eigenvalue weighted by Crippen LogP contribution is -2.66. The van der Waals surface area contributed by atoms with Gasteiger partial charge in [0.25, 0.3) is 0 Å². The van der Waals surface area contributed by atoms with Crippen LogP contribution in [0.25, 0.3) is 0 Å². The summed E-state index contributed by atoms with van der Waals surface area (Å²) in [6.45, 7) is 2.24. The van der Waals surface area contributed by atoms with Crippen molar-refractivity contribution in [3.63, 3.8) is 0 Å². The van der Waals surface area contributed by atoms with Gasteiger partial charge in [0.1, 0.15) is 0 Å². The van der Waals surface area contributed by atoms with Gasteiger partial charge in [-0.2, -0.15) is 0 Å². The lowest BCUT2D eigenvalue weighted by molar-refractivity contribution is -0.0950. The number of ether oxygens (including phenoxy) is 1. The summed E-state index contributed by atoms with van der Waals surface area (Å²) in [7, 11) is 0. The van der Waals surface area contributed by atoms with Gasteiger partial charge in [0, 0.05) is 0 Å². The van der Waals surface area contributed by atoms with Crippen LogP contribution in [0.3, 0.4) is 0 Å². The number of rotatable bonds is 2. The molecule has 0 spiro atoms. The second kappa shape index (κ2) is 3.94. The first-order valence-electron chi connectivity index (χ1n) is 7.24. The van der Waals surface area contributed by atoms with Crippen LogP contribution in [0.5, 0.6) is 0 Å². The van der Waals surface area contributed by atoms with Crippen molar-refractivity contribution in [1.29, 1.82) is 0 Å². The third kappa shape index (κ3) is 1.66. The number of fused-ring (bicyclic) bond motifs is 2. The van der Waals surface area contributed by atoms with E-state index in [2.05, 4.69) is 6.92 Å². The molecule has 0 aromatic heterocycles. The molecule has 3 heteroatoms. The number of aliphatic hydroxyl groups is 1. The van der Waals surface area contributed by atoms with E-state index in [0.29, 0.717) is 6.10 Å². The molecule has 0 amide bonds. The molecule has 3 aliphatic rings. The van der Waals surface area contributed by atoms with Gasteiger partial charge in [-0.25, -0.2) is 0 Å². The monoisotopic (exact) mass is 239 g/mol. The van der Waals surface area contributed by atoms with Gasteiger partial charge in [0.15, 0.2) is 0 Å². The fraction of sp³-hybridized carbons (Fsp3) is 1.00. The second-order valence-corrected chi connectivity index (χ2v) is 6.45. The Labute approximate surface area is 104 Å². The molecule has 0 aromatic rings. The molecule has 2 heterocycles. The van der Waals surface area contributed by atoms with E-state index in [1.54, 1.807) is 0 Å². The molecular formula is C14H25NO2. The van der Waals surface area contributed by atoms with Crippen LogP contribution in [0.4, 0.5) is 0 Å². The van der Waals surface area contributed by atoms with Crippen LogP contribution >= 0.6 is 0 Å². The highest BCUT2D eigenvalue weighted by Gasteiger charge is 2.60. The second-order valence-electron chi connectivity index (χ2n) is 6.45. The van der Waals surface area contributed by atoms with E-state index in [1.165, 1.54) is 6.42 Å². The Morgan fingerprint density at radius 1 is 1.24 bits per heavy atom. The first-order valence-corrected chi connectivity index (χ1v) is 7.24. The van der Waals surface area contributed by atoms with Crippen molar-refractivity contribution in [3.8, 4) is 0 Å². The molecule has 2 saturated heterocycles. The zero-order valence-corrected chi connectivity index (χ0v) is 10.8. The molecule has 3 fully saturated rings. The van der Waals surface area contributed by atoms with Crippen molar-refractivity contribution in [2.24, 2.45) is 11.7 Å². The summed E-state index contributed by atoms with van der Waals surface area (Å²) in [6, 6.07) is 0. The third-order valence-corrected chi connectivity index (χ3v) is 5.62. The normalized spacial score (nSPS) is 54.2. The molecule has 3 rings (SSSR count). The van der Waals surface area contributed by atoms with Crippen LogP contribution in [-0.2, 0) is 4.74 Å². The zero-order valence-electron chi connectivity index (χ0n) is 10.8. The number of hydrogen-bond acceptors (Lipinski definition) is 3. The molecule has 2 aliphatic heterocycles. The van der Waals surface area contributed by atoms with Gasteiger partial charge in [0.05, 0.1) is 23.3 Å². The van der Waals surface area contributed by atoms with Crippen molar-refractivity contribution in [2.75, 3.05) is 0 Å². The highest BCUT2D eigenvalue weighted by molar-refractivity contribution is 5.16. The van der Waals surface area contributed by atoms with Crippen LogP contribution in [0.2, 0.25) is 0 Å². The average molecular weight is 239 g/mol. The Morgan fingerprint density at radius 2 is 1.94 bits per heavy atom. The Bertz CT molecular complexity index is 299. The quantitative estimate of drug-likeness (QED) is 0.774. The predicted octanol–water partition coefficient (Wildman–Crippen LogP) is 1.97. The fourth-order valence-electron chi connectivity index (χ4n) is 4.26. The molecule has 3 nitrogen and oxygen atoms in total. The summed E-state index contributed by atoms with van der Waals surface area (Å²) in [5.74, 6) is 0.790. The Hall–Kier alpha value is -0.120. The molecule has 17 heavy (non-hydrogen) atoms. The highest BCUT2D eigenvalue weighted by Crippen LogP contribution is 2.50. The van der Waals surface area contributed by atoms with E-state index in [4.69, 9.17) is 10.5 Å². The maximum absolute atomic E-state index is 11.0. The Kier molecular flexibility index (Phi) is 2.77. The predicted molar refractivity (Wildman–Crippen MR) is 66.6 cm³/mol. The van der Waals surface area contributed by atoms with E-state index < -0.39 is 11.1 Å². The van der Waals surface area contributed by atoms with Gasteiger partial charge in [-0.05, 0) is 50.9 Å². The fourth-order valence-corrected chi connectivity index (χ4v) is 4.26. The summed E-state index contributed by atoms with van der Waals surface area (Å²) in [5.41, 5.74) is 5.43. The van der Waals surface area contributed by atoms with Crippen LogP contribution in [0, 0.1) is 5.92 Å². The van der Waals surface area contributed by atoms with Crippen molar-refractivity contribution in [1.82, 2.24) is 0 Å². The maximum Gasteiger partial charge on any atom is 0.0853 e. The van der Waals surface area contributed by atoms with Gasteiger partial charge in [0.2, 0.25) is 0 Å². The van der Waals surface area contributed by atoms with Crippen LogP contribution in [-0.4, -0.2) is 28.5 Å². The third-order valence-electron chi connectivity index (χ3n) is 5.62. The lowest BCUT2D eigenvalue weighted by Gasteiger charge is -2.49. The van der Waals surface area contributed by atoms with Gasteiger partial charge < -0.3 is 15.6 Å². The molecule has 3 atom stereocenters. The molecule has 3 N–H and O–H groups in total. The molecule has 3 unspecified atom stereocenters. The van der Waals surface area contributed by atoms with Gasteiger partial charge >= 0.3 is 0 Å². The van der Waals surface area contributed by atoms with Crippen LogP contribution < -0.4 is 5.73 Å². The van der Waals surface area contributed by atoms with Crippen molar-refractivity contribution < 1.29 is 9.84 Å². The van der Waals surface area contributed by atoms with Gasteiger partial charge in [-0.3, -0.25) is 0 Å². The van der Waals surface area contributed by atoms with E-state index >= 15 is 0 Å². The molecule has 98 valence electrons. The summed E-state index contributed by atoms with van der Waals surface area (Å²) in [5, 5.41) is 11.0. The van der Waals surface area contributed by atoms with Crippen molar-refractivity contribution >= 4 is 0 Å². The van der Waals surface area contributed by atoms with Gasteiger partial charge in [-0.15, -0.1) is 0 Å². The number of hydrogen-bond donors (Lipinski definition) is 2. The zero-order chi connectivity index (χ0) is 12.1. The summed E-state index contributed by atoms with van der Waals surface area (Å²) >= 11 is 0. The smallest absolute Gasteiger partial charge is 0.0853 e. The largest absolute Gasteiger partial charge is 0.388 e. The Morgan fingerprint density at radius 3 is 2.41 bits per heavy atom. The summed E-state index contributed by atoms with van der Waals surface area (Å²) in [4.78, 5) is 0. The van der Waals surface area contributed by atoms with Crippen molar-refractivity contribution in [2.45, 2.75) is 81.6 Å². The molecule has 2 bridgehead atoms.